The summed E-state index contributed by atoms with van der Waals surface area (Å²) in [5.41, 5.74) is 0. The Morgan fingerprint density at radius 3 is 2.50 bits per heavy atom. The van der Waals surface area contributed by atoms with Crippen LogP contribution in [-0.2, 0) is 0 Å². The number of hydrogen-bond donors (Lipinski definition) is 0. The molecule has 1 heteroatoms. The average molecular weight is 122 g/mol. The van der Waals surface area contributed by atoms with Gasteiger partial charge in [-0.15, -0.1) is 4.55 Å². The highest BCUT2D eigenvalue weighted by Gasteiger charge is 2.12. The van der Waals surface area contributed by atoms with Crippen molar-refractivity contribution in [3.63, 3.8) is 0 Å². The quantitative estimate of drug-likeness (QED) is 0.493. The van der Waals surface area contributed by atoms with E-state index in [1.165, 1.54) is 18.8 Å². The lowest BCUT2D eigenvalue weighted by atomic mass is 10.1. The second-order valence-electron chi connectivity index (χ2n) is 2.94. The molecule has 8 heavy (non-hydrogen) atoms. The summed E-state index contributed by atoms with van der Waals surface area (Å²) in [5, 5.41) is 2.43. The van der Waals surface area contributed by atoms with Gasteiger partial charge in [0.1, 0.15) is 0 Å². The predicted molar refractivity (Wildman–Crippen MR) is 38.4 cm³/mol. The van der Waals surface area contributed by atoms with Gasteiger partial charge in [0.15, 0.2) is 0 Å². The van der Waals surface area contributed by atoms with Crippen molar-refractivity contribution in [2.45, 2.75) is 35.3 Å². The van der Waals surface area contributed by atoms with Gasteiger partial charge in [0.25, 0.3) is 0 Å². The van der Waals surface area contributed by atoms with Crippen LogP contribution in [0.2, 0.25) is 9.60 Å². The Balaban J connectivity index is 2.06. The normalized spacial score (nSPS) is 21.1. The summed E-state index contributed by atoms with van der Waals surface area (Å²) in [4.78, 5) is 0. The molecule has 1 fully saturated rings. The molecule has 1 rings (SSSR count). The lowest BCUT2D eigenvalue weighted by Gasteiger charge is -2.03. The molecule has 0 N–H and O–H groups in total. The van der Waals surface area contributed by atoms with Crippen molar-refractivity contribution >= 4 is 20.4 Å². The third-order valence-corrected chi connectivity index (χ3v) is 3.57. The standard InChI is InChI=1S/C6H11.CH3.Mg/c1-6-4-2-3-5-6;;/h6H,1-5H2;1H3;. The molecule has 0 unspecified atom stereocenters. The van der Waals surface area contributed by atoms with Crippen molar-refractivity contribution in [3.8, 4) is 0 Å². The topological polar surface area (TPSA) is 0 Å². The van der Waals surface area contributed by atoms with Crippen LogP contribution in [0, 0.1) is 5.92 Å². The molecule has 0 aliphatic heterocycles. The third-order valence-electron chi connectivity index (χ3n) is 2.17. The van der Waals surface area contributed by atoms with Crippen LogP contribution in [0.1, 0.15) is 25.7 Å². The van der Waals surface area contributed by atoms with Crippen molar-refractivity contribution in [3.05, 3.63) is 0 Å². The fraction of sp³-hybridized carbons (Fsp3) is 1.00. The van der Waals surface area contributed by atoms with E-state index in [0.717, 1.165) is 0 Å². The van der Waals surface area contributed by atoms with E-state index in [-0.39, 0.29) is 0 Å². The fourth-order valence-electron chi connectivity index (χ4n) is 1.71. The van der Waals surface area contributed by atoms with Gasteiger partial charge in [0.05, 0.1) is 0 Å². The first-order valence-electron chi connectivity index (χ1n) is 3.93. The van der Waals surface area contributed by atoms with Gasteiger partial charge in [0.2, 0.25) is 0 Å². The zero-order valence-electron chi connectivity index (χ0n) is 5.82. The Labute approximate surface area is 61.8 Å². The number of rotatable bonds is 2. The van der Waals surface area contributed by atoms with Crippen molar-refractivity contribution in [1.82, 2.24) is 0 Å². The van der Waals surface area contributed by atoms with Crippen LogP contribution in [0.25, 0.3) is 0 Å². The molecule has 0 amide bonds. The van der Waals surface area contributed by atoms with Gasteiger partial charge in [-0.05, 0) is 0 Å². The van der Waals surface area contributed by atoms with Crippen molar-refractivity contribution < 1.29 is 0 Å². The summed E-state index contributed by atoms with van der Waals surface area (Å²) in [5.74, 6) is 1.17. The van der Waals surface area contributed by atoms with E-state index >= 15 is 0 Å². The Hall–Kier alpha value is 0.766. The maximum Gasteiger partial charge on any atom is 0.360 e. The summed E-state index contributed by atoms with van der Waals surface area (Å²) in [7, 11) is 0. The summed E-state index contributed by atoms with van der Waals surface area (Å²) >= 11 is 0.385. The van der Waals surface area contributed by atoms with E-state index < -0.39 is 0 Å². The van der Waals surface area contributed by atoms with Crippen LogP contribution < -0.4 is 0 Å². The smallest absolute Gasteiger partial charge is 0.157 e. The zero-order chi connectivity index (χ0) is 5.82. The molecule has 0 radical (unpaired) electrons. The second-order valence-corrected chi connectivity index (χ2v) is 4.52. The monoisotopic (exact) mass is 122 g/mol. The van der Waals surface area contributed by atoms with Gasteiger partial charge in [-0.1, -0.05) is 31.6 Å². The van der Waals surface area contributed by atoms with Gasteiger partial charge in [-0.2, -0.15) is 5.05 Å². The lowest BCUT2D eigenvalue weighted by molar-refractivity contribution is 0.609. The minimum absolute atomic E-state index is 0.385. The van der Waals surface area contributed by atoms with Gasteiger partial charge in [-0.25, -0.2) is 0 Å². The van der Waals surface area contributed by atoms with Gasteiger partial charge < -0.3 is 0 Å². The van der Waals surface area contributed by atoms with E-state index in [4.69, 9.17) is 0 Å². The van der Waals surface area contributed by atoms with Crippen molar-refractivity contribution in [2.75, 3.05) is 0 Å². The minimum atomic E-state index is 0.385. The van der Waals surface area contributed by atoms with Crippen molar-refractivity contribution in [2.24, 2.45) is 5.92 Å². The molecule has 44 valence electrons. The van der Waals surface area contributed by atoms with E-state index in [1.807, 2.05) is 0 Å². The van der Waals surface area contributed by atoms with E-state index in [9.17, 15) is 0 Å². The first-order valence-corrected chi connectivity index (χ1v) is 6.35. The van der Waals surface area contributed by atoms with Crippen LogP contribution >= 0.6 is 0 Å². The average Bonchev–Trinajstić information content (AvgIpc) is 2.19. The molecular weight excluding hydrogens is 108 g/mol. The molecule has 0 bridgehead atoms. The van der Waals surface area contributed by atoms with Gasteiger partial charge in [-0.3, -0.25) is 0 Å². The fourth-order valence-corrected chi connectivity index (χ4v) is 3.10. The molecule has 1 saturated carbocycles. The highest BCUT2D eigenvalue weighted by molar-refractivity contribution is 6.33. The molecule has 0 atom stereocenters. The van der Waals surface area contributed by atoms with Crippen molar-refractivity contribution in [1.29, 1.82) is 0 Å². The first-order chi connectivity index (χ1) is 3.93. The minimum Gasteiger partial charge on any atom is -0.157 e. The summed E-state index contributed by atoms with van der Waals surface area (Å²) < 4.78 is 1.62. The SMILES string of the molecule is [CH3][Mg][CH2]C1CCCC1. The Bertz CT molecular complexity index is 55.4. The molecule has 1 aliphatic carbocycles. The summed E-state index contributed by atoms with van der Waals surface area (Å²) in [6.45, 7) is 0. The highest BCUT2D eigenvalue weighted by Crippen LogP contribution is 2.27. The molecular formula is C7H14Mg. The molecule has 1 aliphatic rings. The molecule has 0 saturated heterocycles. The van der Waals surface area contributed by atoms with Crippen LogP contribution in [0.3, 0.4) is 0 Å². The third kappa shape index (κ3) is 1.94. The molecule has 0 spiro atoms. The maximum absolute atomic E-state index is 2.43. The van der Waals surface area contributed by atoms with E-state index in [2.05, 4.69) is 5.05 Å². The maximum atomic E-state index is 2.43. The Morgan fingerprint density at radius 1 is 1.38 bits per heavy atom. The van der Waals surface area contributed by atoms with Crippen LogP contribution in [-0.4, -0.2) is 20.4 Å². The largest absolute Gasteiger partial charge is 0.360 e. The summed E-state index contributed by atoms with van der Waals surface area (Å²) in [6, 6.07) is 0. The molecule has 0 heterocycles. The van der Waals surface area contributed by atoms with Gasteiger partial charge >= 0.3 is 20.4 Å². The van der Waals surface area contributed by atoms with Gasteiger partial charge in [0, 0.05) is 0 Å². The van der Waals surface area contributed by atoms with E-state index in [0.29, 0.717) is 20.4 Å². The predicted octanol–water partition coefficient (Wildman–Crippen LogP) is 2.35. The Kier molecular flexibility index (Phi) is 3.21. The molecule has 0 aromatic rings. The summed E-state index contributed by atoms with van der Waals surface area (Å²) in [6.07, 6.45) is 6.17. The van der Waals surface area contributed by atoms with Crippen LogP contribution in [0.4, 0.5) is 0 Å². The zero-order valence-corrected chi connectivity index (χ0v) is 7.23. The molecule has 0 aromatic carbocycles. The second kappa shape index (κ2) is 3.73. The van der Waals surface area contributed by atoms with E-state index in [1.54, 1.807) is 17.4 Å². The van der Waals surface area contributed by atoms with Crippen LogP contribution in [0.5, 0.6) is 0 Å². The lowest BCUT2D eigenvalue weighted by Crippen LogP contribution is -1.94. The highest BCUT2D eigenvalue weighted by atomic mass is 24.5. The van der Waals surface area contributed by atoms with Crippen LogP contribution in [0.15, 0.2) is 0 Å². The Morgan fingerprint density at radius 2 is 2.00 bits per heavy atom. The number of hydrogen-bond acceptors (Lipinski definition) is 0. The molecule has 0 nitrogen and oxygen atoms in total. The molecule has 0 aromatic heterocycles. The first kappa shape index (κ1) is 6.88.